The normalized spacial score (nSPS) is 11.4. The van der Waals surface area contributed by atoms with E-state index >= 15 is 0 Å². The molecule has 2 heteroatoms. The maximum absolute atomic E-state index is 4.99. The van der Waals surface area contributed by atoms with Crippen LogP contribution < -0.4 is 0 Å². The van der Waals surface area contributed by atoms with Crippen LogP contribution in [0.2, 0.25) is 0 Å². The van der Waals surface area contributed by atoms with E-state index in [0.29, 0.717) is 0 Å². The van der Waals surface area contributed by atoms with Gasteiger partial charge < -0.3 is 0 Å². The van der Waals surface area contributed by atoms with Crippen molar-refractivity contribution < 1.29 is 0 Å². The van der Waals surface area contributed by atoms with Gasteiger partial charge in [-0.2, -0.15) is 0 Å². The summed E-state index contributed by atoms with van der Waals surface area (Å²) < 4.78 is 1.40. The Morgan fingerprint density at radius 1 is 0.857 bits per heavy atom. The van der Waals surface area contributed by atoms with E-state index in [1.807, 2.05) is 11.3 Å². The van der Waals surface area contributed by atoms with Gasteiger partial charge in [0.05, 0.1) is 15.2 Å². The summed E-state index contributed by atoms with van der Waals surface area (Å²) in [5.41, 5.74) is 4.40. The van der Waals surface area contributed by atoms with Crippen molar-refractivity contribution in [2.75, 3.05) is 0 Å². The van der Waals surface area contributed by atoms with Crippen LogP contribution in [0.1, 0.15) is 75.4 Å². The first-order valence-corrected chi connectivity index (χ1v) is 9.51. The van der Waals surface area contributed by atoms with Crippen LogP contribution in [0.3, 0.4) is 0 Å². The molecular weight excluding hydrogens is 274 g/mol. The Labute approximate surface area is 133 Å². The Balaban J connectivity index is 2.34. The molecule has 0 spiro atoms. The summed E-state index contributed by atoms with van der Waals surface area (Å²) >= 11 is 1.91. The van der Waals surface area contributed by atoms with Gasteiger partial charge in [0.15, 0.2) is 0 Å². The van der Waals surface area contributed by atoms with Crippen LogP contribution in [0.5, 0.6) is 0 Å². The number of fused-ring (bicyclic) bond motifs is 1. The van der Waals surface area contributed by atoms with Crippen molar-refractivity contribution in [2.24, 2.45) is 0 Å². The monoisotopic (exact) mass is 303 g/mol. The van der Waals surface area contributed by atoms with E-state index in [4.69, 9.17) is 4.98 Å². The Bertz CT molecular complexity index is 556. The minimum Gasteiger partial charge on any atom is -0.241 e. The number of thiazole rings is 1. The summed E-state index contributed by atoms with van der Waals surface area (Å²) in [4.78, 5) is 4.99. The van der Waals surface area contributed by atoms with Gasteiger partial charge in [0.1, 0.15) is 0 Å². The molecule has 0 amide bonds. The lowest BCUT2D eigenvalue weighted by molar-refractivity contribution is 0.760. The maximum Gasteiger partial charge on any atom is 0.0938 e. The minimum atomic E-state index is 1.15. The molecule has 21 heavy (non-hydrogen) atoms. The third-order valence-corrected chi connectivity index (χ3v) is 5.21. The summed E-state index contributed by atoms with van der Waals surface area (Å²) in [6.07, 6.45) is 11.2. The van der Waals surface area contributed by atoms with E-state index in [1.54, 1.807) is 11.1 Å². The zero-order valence-corrected chi connectivity index (χ0v) is 14.7. The first-order valence-electron chi connectivity index (χ1n) is 8.70. The molecule has 0 aliphatic heterocycles. The highest BCUT2D eigenvalue weighted by Gasteiger charge is 2.12. The fourth-order valence-corrected chi connectivity index (χ4v) is 3.84. The van der Waals surface area contributed by atoms with Crippen LogP contribution in [0.15, 0.2) is 12.1 Å². The third kappa shape index (κ3) is 4.29. The van der Waals surface area contributed by atoms with Crippen LogP contribution >= 0.6 is 11.3 Å². The second-order valence-electron chi connectivity index (χ2n) is 5.97. The summed E-state index contributed by atoms with van der Waals surface area (Å²) in [6.45, 7) is 6.80. The highest BCUT2D eigenvalue weighted by atomic mass is 32.1. The number of hydrogen-bond donors (Lipinski definition) is 0. The molecule has 1 nitrogen and oxygen atoms in total. The molecule has 0 saturated heterocycles. The van der Waals surface area contributed by atoms with E-state index in [-0.39, 0.29) is 0 Å². The smallest absolute Gasteiger partial charge is 0.0938 e. The van der Waals surface area contributed by atoms with Gasteiger partial charge in [-0.1, -0.05) is 46.1 Å². The molecule has 2 rings (SSSR count). The van der Waals surface area contributed by atoms with Crippen molar-refractivity contribution in [3.63, 3.8) is 0 Å². The fraction of sp³-hybridized carbons (Fsp3) is 0.632. The summed E-state index contributed by atoms with van der Waals surface area (Å²) in [6, 6.07) is 4.67. The van der Waals surface area contributed by atoms with Gasteiger partial charge in [-0.05, 0) is 55.7 Å². The lowest BCUT2D eigenvalue weighted by Gasteiger charge is -2.09. The minimum absolute atomic E-state index is 1.15. The quantitative estimate of drug-likeness (QED) is 0.528. The molecule has 116 valence electrons. The van der Waals surface area contributed by atoms with Crippen LogP contribution in [-0.4, -0.2) is 4.98 Å². The van der Waals surface area contributed by atoms with Crippen molar-refractivity contribution >= 4 is 21.6 Å². The molecule has 0 bridgehead atoms. The summed E-state index contributed by atoms with van der Waals surface area (Å²) in [5.74, 6) is 0. The fourth-order valence-electron chi connectivity index (χ4n) is 2.80. The number of aromatic nitrogens is 1. The number of benzene rings is 1. The Hall–Kier alpha value is -0.890. The van der Waals surface area contributed by atoms with Gasteiger partial charge in [0.25, 0.3) is 0 Å². The largest absolute Gasteiger partial charge is 0.241 e. The van der Waals surface area contributed by atoms with Gasteiger partial charge in [-0.15, -0.1) is 11.3 Å². The molecule has 0 unspecified atom stereocenters. The first kappa shape index (κ1) is 16.5. The summed E-state index contributed by atoms with van der Waals surface area (Å²) in [5, 5.41) is 1.33. The number of nitrogens with zero attached hydrogens (tertiary/aromatic N) is 1. The van der Waals surface area contributed by atoms with Crippen molar-refractivity contribution in [1.82, 2.24) is 4.98 Å². The topological polar surface area (TPSA) is 12.9 Å². The molecule has 0 atom stereocenters. The molecule has 0 fully saturated rings. The van der Waals surface area contributed by atoms with E-state index in [2.05, 4.69) is 32.9 Å². The molecule has 0 radical (unpaired) electrons. The second kappa shape index (κ2) is 8.53. The lowest BCUT2D eigenvalue weighted by atomic mass is 9.97. The zero-order valence-electron chi connectivity index (χ0n) is 13.9. The van der Waals surface area contributed by atoms with Gasteiger partial charge in [0, 0.05) is 0 Å². The number of rotatable bonds is 9. The number of aryl methyl sites for hydroxylation is 3. The van der Waals surface area contributed by atoms with Gasteiger partial charge in [-0.25, -0.2) is 4.98 Å². The lowest BCUT2D eigenvalue weighted by Crippen LogP contribution is -1.96. The molecule has 2 aromatic rings. The van der Waals surface area contributed by atoms with Crippen LogP contribution in [0.4, 0.5) is 0 Å². The van der Waals surface area contributed by atoms with Gasteiger partial charge >= 0.3 is 0 Å². The van der Waals surface area contributed by atoms with E-state index in [0.717, 1.165) is 6.42 Å². The zero-order chi connectivity index (χ0) is 15.1. The van der Waals surface area contributed by atoms with Crippen molar-refractivity contribution in [1.29, 1.82) is 0 Å². The van der Waals surface area contributed by atoms with E-state index < -0.39 is 0 Å². The van der Waals surface area contributed by atoms with E-state index in [9.17, 15) is 0 Å². The van der Waals surface area contributed by atoms with Crippen molar-refractivity contribution in [3.8, 4) is 0 Å². The molecule has 1 aromatic carbocycles. The number of hydrogen-bond acceptors (Lipinski definition) is 2. The van der Waals surface area contributed by atoms with Crippen LogP contribution in [-0.2, 0) is 19.3 Å². The van der Waals surface area contributed by atoms with Crippen molar-refractivity contribution in [3.05, 3.63) is 28.3 Å². The van der Waals surface area contributed by atoms with Crippen LogP contribution in [0, 0.1) is 0 Å². The highest BCUT2D eigenvalue weighted by molar-refractivity contribution is 7.18. The predicted molar refractivity (Wildman–Crippen MR) is 95.5 cm³/mol. The standard InChI is InChI=1S/C19H29NS/c1-4-7-10-15-13-14-17-19(16(15)11-8-5-2)20-18(21-17)12-9-6-3/h13-14H,4-12H2,1-3H3. The maximum atomic E-state index is 4.99. The Kier molecular flexibility index (Phi) is 6.69. The van der Waals surface area contributed by atoms with Gasteiger partial charge in [0.2, 0.25) is 0 Å². The highest BCUT2D eigenvalue weighted by Crippen LogP contribution is 2.30. The first-order chi connectivity index (χ1) is 10.3. The third-order valence-electron chi connectivity index (χ3n) is 4.13. The van der Waals surface area contributed by atoms with E-state index in [1.165, 1.54) is 66.6 Å². The van der Waals surface area contributed by atoms with Gasteiger partial charge in [-0.3, -0.25) is 0 Å². The molecule has 0 saturated carbocycles. The molecule has 0 aliphatic rings. The summed E-state index contributed by atoms with van der Waals surface area (Å²) in [7, 11) is 0. The van der Waals surface area contributed by atoms with Crippen LogP contribution in [0.25, 0.3) is 10.2 Å². The molecule has 1 aromatic heterocycles. The predicted octanol–water partition coefficient (Wildman–Crippen LogP) is 6.32. The average molecular weight is 304 g/mol. The molecule has 0 N–H and O–H groups in total. The van der Waals surface area contributed by atoms with Crippen molar-refractivity contribution in [2.45, 2.75) is 78.6 Å². The SMILES string of the molecule is CCCCc1nc2c(CCCC)c(CCCC)ccc2s1. The number of unbranched alkanes of at least 4 members (excludes halogenated alkanes) is 3. The Morgan fingerprint density at radius 2 is 1.52 bits per heavy atom. The molecular formula is C19H29NS. The molecule has 1 heterocycles. The molecule has 0 aliphatic carbocycles. The second-order valence-corrected chi connectivity index (χ2v) is 7.08. The average Bonchev–Trinajstić information content (AvgIpc) is 2.92. The Morgan fingerprint density at radius 3 is 2.24 bits per heavy atom.